The zero-order chi connectivity index (χ0) is 26.6. The largest absolute Gasteiger partial charge is 0.478 e. The molecule has 200 valence electrons. The molecule has 2 aliphatic heterocycles. The second-order valence-corrected chi connectivity index (χ2v) is 10.0. The van der Waals surface area contributed by atoms with E-state index in [1.807, 2.05) is 0 Å². The van der Waals surface area contributed by atoms with E-state index in [-0.39, 0.29) is 35.1 Å². The number of nitrogens with zero attached hydrogens (tertiary/aromatic N) is 5. The first-order valence-corrected chi connectivity index (χ1v) is 13.1. The number of aromatic carboxylic acids is 1. The zero-order valence-electron chi connectivity index (χ0n) is 21.1. The van der Waals surface area contributed by atoms with Gasteiger partial charge in [-0.1, -0.05) is 12.8 Å². The van der Waals surface area contributed by atoms with E-state index < -0.39 is 12.1 Å². The van der Waals surface area contributed by atoms with Crippen molar-refractivity contribution in [3.63, 3.8) is 0 Å². The maximum Gasteiger partial charge on any atom is 0.416 e. The number of ether oxygens (including phenoxy) is 1. The van der Waals surface area contributed by atoms with Crippen LogP contribution >= 0.6 is 0 Å². The monoisotopic (exact) mass is 521 g/mol. The molecule has 5 rings (SSSR count). The van der Waals surface area contributed by atoms with E-state index in [9.17, 15) is 19.2 Å². The lowest BCUT2D eigenvalue weighted by atomic mass is 9.81. The Morgan fingerprint density at radius 3 is 2.21 bits per heavy atom. The molecule has 3 aliphatic rings. The average Bonchev–Trinajstić information content (AvgIpc) is 3.19. The Labute approximate surface area is 220 Å². The van der Waals surface area contributed by atoms with Crippen molar-refractivity contribution in [2.75, 3.05) is 37.6 Å². The van der Waals surface area contributed by atoms with Crippen molar-refractivity contribution < 1.29 is 29.0 Å². The van der Waals surface area contributed by atoms with Gasteiger partial charge in [-0.15, -0.1) is 0 Å². The molecule has 2 saturated heterocycles. The van der Waals surface area contributed by atoms with Gasteiger partial charge in [0.05, 0.1) is 29.3 Å². The molecular formula is C27H31N5O6. The third-order valence-corrected chi connectivity index (χ3v) is 7.62. The highest BCUT2D eigenvalue weighted by Gasteiger charge is 2.48. The summed E-state index contributed by atoms with van der Waals surface area (Å²) in [6, 6.07) is 6.42. The molecule has 0 aromatic carbocycles. The van der Waals surface area contributed by atoms with Gasteiger partial charge >= 0.3 is 12.1 Å². The zero-order valence-corrected chi connectivity index (χ0v) is 21.1. The lowest BCUT2D eigenvalue weighted by molar-refractivity contribution is -0.122. The molecule has 2 aromatic heterocycles. The van der Waals surface area contributed by atoms with Crippen LogP contribution in [0.3, 0.4) is 0 Å². The summed E-state index contributed by atoms with van der Waals surface area (Å²) in [6.45, 7) is 3.34. The van der Waals surface area contributed by atoms with E-state index in [4.69, 9.17) is 9.84 Å². The van der Waals surface area contributed by atoms with E-state index in [1.165, 1.54) is 23.4 Å². The quantitative estimate of drug-likeness (QED) is 0.546. The SMILES string of the molecule is O=C(O)c1ccc(CCCN2CCN(C(=O)Oc3ccc(N4C(=O)C5CCCCC5C4=O)cn3)CC2)nc1. The minimum Gasteiger partial charge on any atom is -0.478 e. The summed E-state index contributed by atoms with van der Waals surface area (Å²) < 4.78 is 5.44. The Morgan fingerprint density at radius 1 is 0.921 bits per heavy atom. The first kappa shape index (κ1) is 25.8. The molecule has 1 aliphatic carbocycles. The molecule has 0 bridgehead atoms. The van der Waals surface area contributed by atoms with Gasteiger partial charge in [0, 0.05) is 44.1 Å². The number of carbonyl (C=O) groups excluding carboxylic acids is 3. The van der Waals surface area contributed by atoms with Crippen LogP contribution in [0.25, 0.3) is 0 Å². The third-order valence-electron chi connectivity index (χ3n) is 7.62. The van der Waals surface area contributed by atoms with Gasteiger partial charge in [0.1, 0.15) is 0 Å². The predicted molar refractivity (Wildman–Crippen MR) is 136 cm³/mol. The van der Waals surface area contributed by atoms with Crippen LogP contribution in [0, 0.1) is 11.8 Å². The summed E-state index contributed by atoms with van der Waals surface area (Å²) >= 11 is 0. The van der Waals surface area contributed by atoms with Crippen molar-refractivity contribution in [1.29, 1.82) is 0 Å². The second kappa shape index (κ2) is 11.3. The van der Waals surface area contributed by atoms with Crippen molar-refractivity contribution in [3.8, 4) is 5.88 Å². The summed E-state index contributed by atoms with van der Waals surface area (Å²) in [4.78, 5) is 62.6. The van der Waals surface area contributed by atoms with Gasteiger partial charge in [0.25, 0.3) is 0 Å². The van der Waals surface area contributed by atoms with Crippen LogP contribution in [0.1, 0.15) is 48.2 Å². The number of fused-ring (bicyclic) bond motifs is 1. The van der Waals surface area contributed by atoms with Crippen molar-refractivity contribution >= 4 is 29.6 Å². The number of imide groups is 1. The number of carboxylic acids is 1. The van der Waals surface area contributed by atoms with Gasteiger partial charge in [-0.2, -0.15) is 0 Å². The maximum atomic E-state index is 12.8. The smallest absolute Gasteiger partial charge is 0.416 e. The Kier molecular flexibility index (Phi) is 7.64. The van der Waals surface area contributed by atoms with E-state index in [2.05, 4.69) is 14.9 Å². The molecule has 11 nitrogen and oxygen atoms in total. The molecule has 3 amide bonds. The minimum absolute atomic E-state index is 0.124. The fourth-order valence-electron chi connectivity index (χ4n) is 5.47. The maximum absolute atomic E-state index is 12.8. The molecule has 4 heterocycles. The topological polar surface area (TPSA) is 133 Å². The number of piperazine rings is 1. The highest BCUT2D eigenvalue weighted by atomic mass is 16.6. The van der Waals surface area contributed by atoms with Crippen molar-refractivity contribution in [2.24, 2.45) is 11.8 Å². The highest BCUT2D eigenvalue weighted by molar-refractivity contribution is 6.22. The van der Waals surface area contributed by atoms with Crippen LogP contribution in [0.2, 0.25) is 0 Å². The first-order valence-electron chi connectivity index (χ1n) is 13.1. The third kappa shape index (κ3) is 5.52. The molecular weight excluding hydrogens is 490 g/mol. The van der Waals surface area contributed by atoms with E-state index in [0.29, 0.717) is 31.9 Å². The summed E-state index contributed by atoms with van der Waals surface area (Å²) in [5.74, 6) is -1.63. The number of pyridine rings is 2. The van der Waals surface area contributed by atoms with Crippen LogP contribution in [-0.4, -0.2) is 81.5 Å². The molecule has 2 aromatic rings. The number of carboxylic acid groups (broad SMARTS) is 1. The molecule has 1 saturated carbocycles. The lowest BCUT2D eigenvalue weighted by Gasteiger charge is -2.33. The Hall–Kier alpha value is -3.86. The van der Waals surface area contributed by atoms with Crippen molar-refractivity contribution in [2.45, 2.75) is 38.5 Å². The number of aromatic nitrogens is 2. The van der Waals surface area contributed by atoms with Gasteiger partial charge in [0.2, 0.25) is 17.7 Å². The fourth-order valence-corrected chi connectivity index (χ4v) is 5.47. The first-order chi connectivity index (χ1) is 18.4. The summed E-state index contributed by atoms with van der Waals surface area (Å²) in [7, 11) is 0. The molecule has 3 fully saturated rings. The number of anilines is 1. The fraction of sp³-hybridized carbons (Fsp3) is 0.481. The number of hydrogen-bond acceptors (Lipinski definition) is 8. The average molecular weight is 522 g/mol. The number of aryl methyl sites for hydroxylation is 1. The summed E-state index contributed by atoms with van der Waals surface area (Å²) in [6.07, 6.45) is 7.38. The lowest BCUT2D eigenvalue weighted by Crippen LogP contribution is -2.49. The van der Waals surface area contributed by atoms with Crippen LogP contribution in [0.4, 0.5) is 10.5 Å². The van der Waals surface area contributed by atoms with E-state index in [0.717, 1.165) is 50.8 Å². The number of amides is 3. The van der Waals surface area contributed by atoms with E-state index >= 15 is 0 Å². The van der Waals surface area contributed by atoms with Crippen LogP contribution in [-0.2, 0) is 16.0 Å². The van der Waals surface area contributed by atoms with Gasteiger partial charge in [-0.3, -0.25) is 19.5 Å². The normalized spacial score (nSPS) is 21.9. The van der Waals surface area contributed by atoms with Gasteiger partial charge in [-0.25, -0.2) is 19.5 Å². The number of hydrogen-bond donors (Lipinski definition) is 1. The molecule has 2 atom stereocenters. The standard InChI is InChI=1S/C27H31N5O6/c33-24-21-5-1-2-6-22(21)25(34)32(24)20-9-10-23(29-17-20)38-27(37)31-14-12-30(13-15-31)11-3-4-19-8-7-18(16-28-19)26(35)36/h7-10,16-17,21-22H,1-6,11-15H2,(H,35,36). The van der Waals surface area contributed by atoms with Crippen LogP contribution < -0.4 is 9.64 Å². The van der Waals surface area contributed by atoms with Crippen LogP contribution in [0.5, 0.6) is 5.88 Å². The second-order valence-electron chi connectivity index (χ2n) is 10.0. The minimum atomic E-state index is -0.986. The Bertz CT molecular complexity index is 1170. The predicted octanol–water partition coefficient (Wildman–Crippen LogP) is 2.60. The Balaban J connectivity index is 1.06. The molecule has 0 spiro atoms. The molecule has 11 heteroatoms. The van der Waals surface area contributed by atoms with Gasteiger partial charge in [0.15, 0.2) is 0 Å². The number of rotatable bonds is 7. The van der Waals surface area contributed by atoms with Crippen molar-refractivity contribution in [3.05, 3.63) is 47.9 Å². The van der Waals surface area contributed by atoms with Crippen LogP contribution in [0.15, 0.2) is 36.7 Å². The van der Waals surface area contributed by atoms with Crippen molar-refractivity contribution in [1.82, 2.24) is 19.8 Å². The Morgan fingerprint density at radius 2 is 1.63 bits per heavy atom. The summed E-state index contributed by atoms with van der Waals surface area (Å²) in [5.41, 5.74) is 1.44. The molecule has 2 unspecified atom stereocenters. The molecule has 0 radical (unpaired) electrons. The summed E-state index contributed by atoms with van der Waals surface area (Å²) in [5, 5.41) is 8.96. The molecule has 38 heavy (non-hydrogen) atoms. The number of carbonyl (C=O) groups is 4. The highest BCUT2D eigenvalue weighted by Crippen LogP contribution is 2.40. The van der Waals surface area contributed by atoms with Gasteiger partial charge < -0.3 is 14.7 Å². The van der Waals surface area contributed by atoms with Gasteiger partial charge in [-0.05, 0) is 50.4 Å². The molecule has 1 N–H and O–H groups in total. The van der Waals surface area contributed by atoms with E-state index in [1.54, 1.807) is 23.1 Å².